The van der Waals surface area contributed by atoms with Crippen molar-refractivity contribution in [2.75, 3.05) is 13.1 Å². The predicted octanol–water partition coefficient (Wildman–Crippen LogP) is 1.91. The largest absolute Gasteiger partial charge is 0.352 e. The average Bonchev–Trinajstić information content (AvgIpc) is 3.14. The second-order valence-corrected chi connectivity index (χ2v) is 6.46. The monoisotopic (exact) mass is 301 g/mol. The summed E-state index contributed by atoms with van der Waals surface area (Å²) < 4.78 is 0. The molecule has 0 unspecified atom stereocenters. The number of carbonyl (C=O) groups is 2. The number of carbonyl (C=O) groups excluding carboxylic acids is 2. The molecule has 0 bridgehead atoms. The number of amides is 2. The summed E-state index contributed by atoms with van der Waals surface area (Å²) in [5.41, 5.74) is 1.53. The van der Waals surface area contributed by atoms with E-state index in [9.17, 15) is 9.59 Å². The molecule has 2 aliphatic rings. The SMILES string of the molecule is Cc1cnccc1C(=O)NC[C@@H]1CC(=O)N(C2CCCC2)C1. The van der Waals surface area contributed by atoms with Gasteiger partial charge in [0.15, 0.2) is 0 Å². The Hall–Kier alpha value is -1.91. The molecule has 2 amide bonds. The molecular weight excluding hydrogens is 278 g/mol. The summed E-state index contributed by atoms with van der Waals surface area (Å²) in [6, 6.07) is 2.17. The summed E-state index contributed by atoms with van der Waals surface area (Å²) in [5, 5.41) is 2.97. The molecule has 0 radical (unpaired) electrons. The lowest BCUT2D eigenvalue weighted by atomic mass is 10.1. The number of aryl methyl sites for hydroxylation is 1. The first-order chi connectivity index (χ1) is 10.6. The topological polar surface area (TPSA) is 62.3 Å². The van der Waals surface area contributed by atoms with E-state index in [2.05, 4.69) is 10.3 Å². The molecule has 2 heterocycles. The fourth-order valence-electron chi connectivity index (χ4n) is 3.57. The minimum Gasteiger partial charge on any atom is -0.352 e. The smallest absolute Gasteiger partial charge is 0.251 e. The van der Waals surface area contributed by atoms with Crippen LogP contribution in [0.2, 0.25) is 0 Å². The predicted molar refractivity (Wildman–Crippen MR) is 83.4 cm³/mol. The van der Waals surface area contributed by atoms with Crippen molar-refractivity contribution in [2.45, 2.75) is 45.1 Å². The minimum absolute atomic E-state index is 0.0772. The van der Waals surface area contributed by atoms with Crippen molar-refractivity contribution in [1.29, 1.82) is 0 Å². The quantitative estimate of drug-likeness (QED) is 0.924. The molecule has 22 heavy (non-hydrogen) atoms. The number of hydrogen-bond acceptors (Lipinski definition) is 3. The molecule has 118 valence electrons. The zero-order chi connectivity index (χ0) is 15.5. The van der Waals surface area contributed by atoms with E-state index in [1.807, 2.05) is 11.8 Å². The van der Waals surface area contributed by atoms with Gasteiger partial charge in [0.05, 0.1) is 0 Å². The Bertz CT molecular complexity index is 567. The highest BCUT2D eigenvalue weighted by atomic mass is 16.2. The Labute approximate surface area is 131 Å². The summed E-state index contributed by atoms with van der Waals surface area (Å²) in [4.78, 5) is 30.4. The Balaban J connectivity index is 1.53. The first kappa shape index (κ1) is 15.0. The van der Waals surface area contributed by atoms with E-state index < -0.39 is 0 Å². The van der Waals surface area contributed by atoms with Crippen LogP contribution in [0.4, 0.5) is 0 Å². The molecule has 1 saturated carbocycles. The summed E-state index contributed by atoms with van der Waals surface area (Å²) in [6.07, 6.45) is 8.63. The lowest BCUT2D eigenvalue weighted by Gasteiger charge is -2.24. The van der Waals surface area contributed by atoms with Crippen LogP contribution in [0.25, 0.3) is 0 Å². The fourth-order valence-corrected chi connectivity index (χ4v) is 3.57. The fraction of sp³-hybridized carbons (Fsp3) is 0.588. The highest BCUT2D eigenvalue weighted by Gasteiger charge is 2.35. The van der Waals surface area contributed by atoms with Gasteiger partial charge in [0, 0.05) is 49.4 Å². The van der Waals surface area contributed by atoms with Crippen molar-refractivity contribution in [3.8, 4) is 0 Å². The molecule has 1 aromatic heterocycles. The van der Waals surface area contributed by atoms with Crippen molar-refractivity contribution in [3.05, 3.63) is 29.6 Å². The molecule has 2 fully saturated rings. The summed E-state index contributed by atoms with van der Waals surface area (Å²) in [5.74, 6) is 0.414. The van der Waals surface area contributed by atoms with Crippen molar-refractivity contribution in [1.82, 2.24) is 15.2 Å². The van der Waals surface area contributed by atoms with Gasteiger partial charge < -0.3 is 10.2 Å². The third-order valence-corrected chi connectivity index (χ3v) is 4.82. The van der Waals surface area contributed by atoms with Crippen LogP contribution in [-0.4, -0.2) is 40.8 Å². The summed E-state index contributed by atoms with van der Waals surface area (Å²) in [6.45, 7) is 3.23. The van der Waals surface area contributed by atoms with Gasteiger partial charge in [0.25, 0.3) is 5.91 Å². The highest BCUT2D eigenvalue weighted by molar-refractivity contribution is 5.95. The van der Waals surface area contributed by atoms with Gasteiger partial charge in [-0.05, 0) is 31.4 Å². The van der Waals surface area contributed by atoms with E-state index >= 15 is 0 Å². The van der Waals surface area contributed by atoms with Gasteiger partial charge in [-0.3, -0.25) is 14.6 Å². The zero-order valence-electron chi connectivity index (χ0n) is 13.0. The van der Waals surface area contributed by atoms with E-state index in [-0.39, 0.29) is 17.7 Å². The second kappa shape index (κ2) is 6.46. The van der Waals surface area contributed by atoms with Crippen LogP contribution >= 0.6 is 0 Å². The van der Waals surface area contributed by atoms with Crippen LogP contribution in [-0.2, 0) is 4.79 Å². The number of nitrogens with one attached hydrogen (secondary N) is 1. The number of likely N-dealkylation sites (tertiary alicyclic amines) is 1. The van der Waals surface area contributed by atoms with Gasteiger partial charge in [0.1, 0.15) is 0 Å². The molecule has 1 saturated heterocycles. The van der Waals surface area contributed by atoms with Crippen LogP contribution in [0.1, 0.15) is 48.0 Å². The van der Waals surface area contributed by atoms with Gasteiger partial charge in [-0.25, -0.2) is 0 Å². The van der Waals surface area contributed by atoms with Crippen molar-refractivity contribution in [3.63, 3.8) is 0 Å². The number of pyridine rings is 1. The number of rotatable bonds is 4. The van der Waals surface area contributed by atoms with E-state index in [1.165, 1.54) is 12.8 Å². The third kappa shape index (κ3) is 3.13. The van der Waals surface area contributed by atoms with E-state index in [0.29, 0.717) is 24.6 Å². The molecule has 0 aromatic carbocycles. The molecule has 1 aliphatic heterocycles. The molecule has 0 spiro atoms. The summed E-state index contributed by atoms with van der Waals surface area (Å²) >= 11 is 0. The maximum absolute atomic E-state index is 12.2. The lowest BCUT2D eigenvalue weighted by Crippen LogP contribution is -2.36. The van der Waals surface area contributed by atoms with Crippen LogP contribution in [0.3, 0.4) is 0 Å². The Morgan fingerprint density at radius 2 is 2.18 bits per heavy atom. The van der Waals surface area contributed by atoms with E-state index in [1.54, 1.807) is 18.5 Å². The van der Waals surface area contributed by atoms with Gasteiger partial charge in [-0.1, -0.05) is 12.8 Å². The third-order valence-electron chi connectivity index (χ3n) is 4.82. The maximum atomic E-state index is 12.2. The zero-order valence-corrected chi connectivity index (χ0v) is 13.0. The first-order valence-electron chi connectivity index (χ1n) is 8.13. The van der Waals surface area contributed by atoms with Crippen LogP contribution < -0.4 is 5.32 Å². The van der Waals surface area contributed by atoms with Gasteiger partial charge in [0.2, 0.25) is 5.91 Å². The maximum Gasteiger partial charge on any atom is 0.251 e. The highest BCUT2D eigenvalue weighted by Crippen LogP contribution is 2.29. The molecular formula is C17H23N3O2. The summed E-state index contributed by atoms with van der Waals surface area (Å²) in [7, 11) is 0. The van der Waals surface area contributed by atoms with Crippen molar-refractivity contribution < 1.29 is 9.59 Å². The number of aromatic nitrogens is 1. The number of hydrogen-bond donors (Lipinski definition) is 1. The molecule has 1 aromatic rings. The van der Waals surface area contributed by atoms with E-state index in [0.717, 1.165) is 24.9 Å². The molecule has 3 rings (SSSR count). The van der Waals surface area contributed by atoms with Crippen LogP contribution in [0.15, 0.2) is 18.5 Å². The average molecular weight is 301 g/mol. The molecule has 5 nitrogen and oxygen atoms in total. The van der Waals surface area contributed by atoms with Crippen molar-refractivity contribution in [2.24, 2.45) is 5.92 Å². The van der Waals surface area contributed by atoms with Gasteiger partial charge in [-0.15, -0.1) is 0 Å². The minimum atomic E-state index is -0.0772. The Morgan fingerprint density at radius 3 is 2.91 bits per heavy atom. The standard InChI is InChI=1S/C17H23N3O2/c1-12-9-18-7-6-15(12)17(22)19-10-13-8-16(21)20(11-13)14-4-2-3-5-14/h6-7,9,13-14H,2-5,8,10-11H2,1H3,(H,19,22)/t13-/m0/s1. The first-order valence-corrected chi connectivity index (χ1v) is 8.13. The van der Waals surface area contributed by atoms with E-state index in [4.69, 9.17) is 0 Å². The van der Waals surface area contributed by atoms with Gasteiger partial charge >= 0.3 is 0 Å². The van der Waals surface area contributed by atoms with Crippen LogP contribution in [0.5, 0.6) is 0 Å². The number of nitrogens with zero attached hydrogens (tertiary/aromatic N) is 2. The molecule has 5 heteroatoms. The lowest BCUT2D eigenvalue weighted by molar-refractivity contribution is -0.129. The van der Waals surface area contributed by atoms with Crippen molar-refractivity contribution >= 4 is 11.8 Å². The van der Waals surface area contributed by atoms with Gasteiger partial charge in [-0.2, -0.15) is 0 Å². The normalized spacial score (nSPS) is 22.3. The second-order valence-electron chi connectivity index (χ2n) is 6.46. The molecule has 1 atom stereocenters. The van der Waals surface area contributed by atoms with Crippen LogP contribution in [0, 0.1) is 12.8 Å². The molecule has 1 aliphatic carbocycles. The Kier molecular flexibility index (Phi) is 4.41. The molecule has 1 N–H and O–H groups in total. The Morgan fingerprint density at radius 1 is 1.41 bits per heavy atom.